The van der Waals surface area contributed by atoms with Gasteiger partial charge >= 0.3 is 11.9 Å². The summed E-state index contributed by atoms with van der Waals surface area (Å²) in [5, 5.41) is 0. The van der Waals surface area contributed by atoms with Gasteiger partial charge in [-0.05, 0) is 6.42 Å². The molecule has 0 bridgehead atoms. The van der Waals surface area contributed by atoms with E-state index >= 15 is 0 Å². The Hall–Kier alpha value is -1.10. The second-order valence-corrected chi connectivity index (χ2v) is 8.24. The number of methoxy groups -OCH3 is 1. The zero-order valence-electron chi connectivity index (χ0n) is 19.9. The average Bonchev–Trinajstić information content (AvgIpc) is 2.74. The molecule has 178 valence electrons. The van der Waals surface area contributed by atoms with E-state index in [-0.39, 0.29) is 31.4 Å². The average molecular weight is 429 g/mol. The van der Waals surface area contributed by atoms with Crippen LogP contribution in [0.25, 0.3) is 0 Å². The first-order chi connectivity index (χ1) is 14.7. The Balaban J connectivity index is 3.20. The molecule has 5 heteroatoms. The van der Waals surface area contributed by atoms with Gasteiger partial charge in [0, 0.05) is 7.11 Å². The van der Waals surface area contributed by atoms with Crippen LogP contribution in [0, 0.1) is 0 Å². The molecular weight excluding hydrogens is 380 g/mol. The molecule has 0 aliphatic carbocycles. The number of carbonyl (C=O) groups is 2. The molecule has 30 heavy (non-hydrogen) atoms. The maximum absolute atomic E-state index is 11.6. The molecule has 0 rings (SSSR count). The quantitative estimate of drug-likeness (QED) is 0.133. The van der Waals surface area contributed by atoms with E-state index < -0.39 is 0 Å². The van der Waals surface area contributed by atoms with Crippen molar-refractivity contribution in [3.8, 4) is 0 Å². The predicted octanol–water partition coefficient (Wildman–Crippen LogP) is 6.76. The number of hydrogen-bond acceptors (Lipinski definition) is 5. The third-order valence-electron chi connectivity index (χ3n) is 5.34. The summed E-state index contributed by atoms with van der Waals surface area (Å²) in [5.41, 5.74) is 0. The van der Waals surface area contributed by atoms with Crippen molar-refractivity contribution in [3.63, 3.8) is 0 Å². The third-order valence-corrected chi connectivity index (χ3v) is 5.34. The van der Waals surface area contributed by atoms with Gasteiger partial charge in [-0.2, -0.15) is 0 Å². The van der Waals surface area contributed by atoms with Gasteiger partial charge < -0.3 is 14.2 Å². The van der Waals surface area contributed by atoms with E-state index in [1.54, 1.807) is 7.11 Å². The molecule has 0 spiro atoms. The van der Waals surface area contributed by atoms with E-state index in [2.05, 4.69) is 6.92 Å². The number of ether oxygens (including phenoxy) is 3. The van der Waals surface area contributed by atoms with E-state index in [9.17, 15) is 9.59 Å². The Morgan fingerprint density at radius 1 is 0.500 bits per heavy atom. The summed E-state index contributed by atoms with van der Waals surface area (Å²) in [7, 11) is 1.55. The fourth-order valence-corrected chi connectivity index (χ4v) is 3.42. The van der Waals surface area contributed by atoms with E-state index in [1.807, 2.05) is 0 Å². The van der Waals surface area contributed by atoms with Gasteiger partial charge in [-0.1, -0.05) is 103 Å². The zero-order chi connectivity index (χ0) is 22.1. The number of unbranched alkanes of at least 4 members (excludes halogenated alkanes) is 15. The van der Waals surface area contributed by atoms with E-state index in [4.69, 9.17) is 14.2 Å². The van der Waals surface area contributed by atoms with E-state index in [1.165, 1.54) is 89.9 Å². The number of hydrogen-bond donors (Lipinski definition) is 0. The van der Waals surface area contributed by atoms with Gasteiger partial charge in [0.15, 0.2) is 0 Å². The lowest BCUT2D eigenvalue weighted by atomic mass is 10.0. The van der Waals surface area contributed by atoms with Crippen LogP contribution in [0.15, 0.2) is 0 Å². The van der Waals surface area contributed by atoms with Crippen LogP contribution in [0.3, 0.4) is 0 Å². The summed E-state index contributed by atoms with van der Waals surface area (Å²) < 4.78 is 14.9. The van der Waals surface area contributed by atoms with E-state index in [0.717, 1.165) is 12.8 Å². The van der Waals surface area contributed by atoms with Crippen molar-refractivity contribution < 1.29 is 23.8 Å². The number of carbonyl (C=O) groups excluding carboxylic acids is 2. The first kappa shape index (κ1) is 28.9. The summed E-state index contributed by atoms with van der Waals surface area (Å²) in [6, 6.07) is 0. The summed E-state index contributed by atoms with van der Waals surface area (Å²) >= 11 is 0. The second kappa shape index (κ2) is 24.2. The molecule has 0 aromatic rings. The van der Waals surface area contributed by atoms with Crippen LogP contribution in [0.4, 0.5) is 0 Å². The molecule has 0 radical (unpaired) electrons. The van der Waals surface area contributed by atoms with Crippen molar-refractivity contribution in [1.82, 2.24) is 0 Å². The van der Waals surface area contributed by atoms with Crippen LogP contribution in [0.2, 0.25) is 0 Å². The Labute approximate surface area is 185 Å². The highest BCUT2D eigenvalue weighted by molar-refractivity contribution is 5.77. The monoisotopic (exact) mass is 428 g/mol. The highest BCUT2D eigenvalue weighted by atomic mass is 16.6. The summed E-state index contributed by atoms with van der Waals surface area (Å²) in [5.74, 6) is -0.703. The maximum atomic E-state index is 11.6. The molecule has 0 aliphatic rings. The second-order valence-electron chi connectivity index (χ2n) is 8.24. The van der Waals surface area contributed by atoms with Crippen LogP contribution < -0.4 is 0 Å². The van der Waals surface area contributed by atoms with Crippen molar-refractivity contribution in [2.45, 2.75) is 122 Å². The van der Waals surface area contributed by atoms with Gasteiger partial charge in [0.25, 0.3) is 0 Å². The summed E-state index contributed by atoms with van der Waals surface area (Å²) in [6.45, 7) is 3.32. The van der Waals surface area contributed by atoms with Crippen LogP contribution in [-0.2, 0) is 23.8 Å². The van der Waals surface area contributed by atoms with Crippen LogP contribution in [0.5, 0.6) is 0 Å². The topological polar surface area (TPSA) is 61.8 Å². The van der Waals surface area contributed by atoms with Crippen LogP contribution in [-0.4, -0.2) is 38.9 Å². The van der Waals surface area contributed by atoms with Gasteiger partial charge in [0.1, 0.15) is 6.61 Å². The Bertz CT molecular complexity index is 384. The van der Waals surface area contributed by atoms with Crippen molar-refractivity contribution in [3.05, 3.63) is 0 Å². The zero-order valence-corrected chi connectivity index (χ0v) is 19.9. The number of esters is 2. The molecule has 0 atom stereocenters. The molecule has 0 saturated heterocycles. The van der Waals surface area contributed by atoms with Crippen molar-refractivity contribution >= 4 is 11.9 Å². The highest BCUT2D eigenvalue weighted by Crippen LogP contribution is 2.13. The lowest BCUT2D eigenvalue weighted by Crippen LogP contribution is -2.13. The van der Waals surface area contributed by atoms with Gasteiger partial charge in [0.05, 0.1) is 26.1 Å². The molecule has 5 nitrogen and oxygen atoms in total. The van der Waals surface area contributed by atoms with Crippen LogP contribution in [0.1, 0.15) is 122 Å². The van der Waals surface area contributed by atoms with Crippen LogP contribution >= 0.6 is 0 Å². The Kier molecular flexibility index (Phi) is 23.3. The molecule has 0 aromatic carbocycles. The molecular formula is C25H48O5. The maximum Gasteiger partial charge on any atom is 0.306 e. The van der Waals surface area contributed by atoms with Crippen molar-refractivity contribution in [1.29, 1.82) is 0 Å². The first-order valence-corrected chi connectivity index (χ1v) is 12.5. The third kappa shape index (κ3) is 23.2. The Morgan fingerprint density at radius 3 is 1.27 bits per heavy atom. The summed E-state index contributed by atoms with van der Waals surface area (Å²) in [6.07, 6.45) is 21.4. The van der Waals surface area contributed by atoms with Gasteiger partial charge in [-0.15, -0.1) is 0 Å². The minimum absolute atomic E-state index is 0.0709. The predicted molar refractivity (Wildman–Crippen MR) is 123 cm³/mol. The minimum Gasteiger partial charge on any atom is -0.466 e. The molecule has 0 aromatic heterocycles. The molecule has 0 amide bonds. The normalized spacial score (nSPS) is 10.9. The fraction of sp³-hybridized carbons (Fsp3) is 0.920. The smallest absolute Gasteiger partial charge is 0.306 e. The van der Waals surface area contributed by atoms with E-state index in [0.29, 0.717) is 13.2 Å². The molecule has 0 fully saturated rings. The Morgan fingerprint density at radius 2 is 0.867 bits per heavy atom. The largest absolute Gasteiger partial charge is 0.466 e. The molecule has 0 N–H and O–H groups in total. The van der Waals surface area contributed by atoms with Crippen molar-refractivity contribution in [2.75, 3.05) is 26.9 Å². The highest BCUT2D eigenvalue weighted by Gasteiger charge is 2.08. The SMILES string of the molecule is CCCCCCCCCCCCCCCCCCOC(=O)CCC(=O)OCCOC. The number of rotatable bonds is 23. The standard InChI is InChI=1S/C25H48O5/c1-3-4-5-6-7-8-9-10-11-12-13-14-15-16-17-18-21-29-24(26)19-20-25(27)30-23-22-28-2/h3-23H2,1-2H3. The van der Waals surface area contributed by atoms with Gasteiger partial charge in [0.2, 0.25) is 0 Å². The fourth-order valence-electron chi connectivity index (χ4n) is 3.42. The van der Waals surface area contributed by atoms with Gasteiger partial charge in [-0.25, -0.2) is 0 Å². The first-order valence-electron chi connectivity index (χ1n) is 12.5. The minimum atomic E-state index is -0.383. The molecule has 0 saturated carbocycles. The lowest BCUT2D eigenvalue weighted by Gasteiger charge is -2.06. The lowest BCUT2D eigenvalue weighted by molar-refractivity contribution is -0.151. The molecule has 0 unspecified atom stereocenters. The molecule has 0 aliphatic heterocycles. The van der Waals surface area contributed by atoms with Crippen molar-refractivity contribution in [2.24, 2.45) is 0 Å². The molecule has 0 heterocycles. The summed E-state index contributed by atoms with van der Waals surface area (Å²) in [4.78, 5) is 23.0. The van der Waals surface area contributed by atoms with Gasteiger partial charge in [-0.3, -0.25) is 9.59 Å².